The molecule has 0 amide bonds. The molecule has 0 radical (unpaired) electrons. The zero-order chi connectivity index (χ0) is 14.9. The highest BCUT2D eigenvalue weighted by atomic mass is 35.5. The Morgan fingerprint density at radius 1 is 1.45 bits per heavy atom. The standard InChI is InChI=1S/C12H14ClN3O3S/c1-8-14-11(6-16(8)2)20(18,19)15-10-5-3-4-9(7-17)12(10)13/h3-6,15,17H,7H2,1-2H3. The maximum Gasteiger partial charge on any atom is 0.281 e. The van der Waals surface area contributed by atoms with E-state index in [0.717, 1.165) is 0 Å². The Labute approximate surface area is 122 Å². The molecule has 0 atom stereocenters. The fourth-order valence-electron chi connectivity index (χ4n) is 1.63. The van der Waals surface area contributed by atoms with Gasteiger partial charge in [-0.05, 0) is 18.6 Å². The first-order valence-corrected chi connectivity index (χ1v) is 7.62. The van der Waals surface area contributed by atoms with Crippen molar-refractivity contribution in [1.82, 2.24) is 9.55 Å². The highest BCUT2D eigenvalue weighted by molar-refractivity contribution is 7.92. The summed E-state index contributed by atoms with van der Waals surface area (Å²) < 4.78 is 28.4. The van der Waals surface area contributed by atoms with Gasteiger partial charge in [0.1, 0.15) is 5.82 Å². The van der Waals surface area contributed by atoms with Crippen LogP contribution in [0.5, 0.6) is 0 Å². The summed E-state index contributed by atoms with van der Waals surface area (Å²) >= 11 is 6.03. The number of benzene rings is 1. The Morgan fingerprint density at radius 3 is 2.70 bits per heavy atom. The van der Waals surface area contributed by atoms with Gasteiger partial charge in [0.05, 0.1) is 17.3 Å². The van der Waals surface area contributed by atoms with Crippen LogP contribution in [0.15, 0.2) is 29.4 Å². The summed E-state index contributed by atoms with van der Waals surface area (Å²) in [6, 6.07) is 4.75. The molecule has 2 N–H and O–H groups in total. The van der Waals surface area contributed by atoms with Crippen LogP contribution in [-0.2, 0) is 23.7 Å². The van der Waals surface area contributed by atoms with Gasteiger partial charge in [-0.3, -0.25) is 4.72 Å². The number of hydrogen-bond donors (Lipinski definition) is 2. The quantitative estimate of drug-likeness (QED) is 0.899. The van der Waals surface area contributed by atoms with Crippen LogP contribution in [-0.4, -0.2) is 23.1 Å². The summed E-state index contributed by atoms with van der Waals surface area (Å²) in [6.07, 6.45) is 1.42. The number of anilines is 1. The van der Waals surface area contributed by atoms with Crippen LogP contribution in [0.3, 0.4) is 0 Å². The number of sulfonamides is 1. The van der Waals surface area contributed by atoms with E-state index in [1.165, 1.54) is 12.3 Å². The van der Waals surface area contributed by atoms with E-state index in [9.17, 15) is 8.42 Å². The number of aryl methyl sites for hydroxylation is 2. The second-order valence-electron chi connectivity index (χ2n) is 4.28. The van der Waals surface area contributed by atoms with E-state index in [4.69, 9.17) is 16.7 Å². The summed E-state index contributed by atoms with van der Waals surface area (Å²) in [5.41, 5.74) is 0.658. The largest absolute Gasteiger partial charge is 0.392 e. The van der Waals surface area contributed by atoms with Crippen LogP contribution >= 0.6 is 11.6 Å². The Morgan fingerprint density at radius 2 is 2.15 bits per heavy atom. The molecular formula is C12H14ClN3O3S. The molecule has 1 heterocycles. The maximum atomic E-state index is 12.2. The van der Waals surface area contributed by atoms with Crippen molar-refractivity contribution < 1.29 is 13.5 Å². The van der Waals surface area contributed by atoms with E-state index >= 15 is 0 Å². The van der Waals surface area contributed by atoms with Gasteiger partial charge in [-0.25, -0.2) is 4.98 Å². The molecule has 0 aliphatic rings. The van der Waals surface area contributed by atoms with Crippen molar-refractivity contribution in [2.75, 3.05) is 4.72 Å². The third-order valence-electron chi connectivity index (χ3n) is 2.86. The third-order valence-corrected chi connectivity index (χ3v) is 4.54. The number of hydrogen-bond acceptors (Lipinski definition) is 4. The Balaban J connectivity index is 2.38. The van der Waals surface area contributed by atoms with Crippen molar-refractivity contribution in [2.24, 2.45) is 7.05 Å². The molecule has 0 unspecified atom stereocenters. The highest BCUT2D eigenvalue weighted by Gasteiger charge is 2.20. The van der Waals surface area contributed by atoms with Gasteiger partial charge in [-0.15, -0.1) is 0 Å². The summed E-state index contributed by atoms with van der Waals surface area (Å²) in [5.74, 6) is 0.584. The van der Waals surface area contributed by atoms with Gasteiger partial charge in [-0.1, -0.05) is 23.7 Å². The molecule has 0 saturated carbocycles. The van der Waals surface area contributed by atoms with Crippen molar-refractivity contribution in [3.63, 3.8) is 0 Å². The predicted molar refractivity (Wildman–Crippen MR) is 76.1 cm³/mol. The molecule has 0 aliphatic carbocycles. The SMILES string of the molecule is Cc1nc(S(=O)(=O)Nc2cccc(CO)c2Cl)cn1C. The van der Waals surface area contributed by atoms with Gasteiger partial charge < -0.3 is 9.67 Å². The van der Waals surface area contributed by atoms with Crippen LogP contribution in [0.2, 0.25) is 5.02 Å². The smallest absolute Gasteiger partial charge is 0.281 e. The van der Waals surface area contributed by atoms with Crippen LogP contribution in [0.1, 0.15) is 11.4 Å². The molecule has 0 bridgehead atoms. The van der Waals surface area contributed by atoms with Gasteiger partial charge >= 0.3 is 0 Å². The second kappa shape index (κ2) is 5.43. The molecule has 108 valence electrons. The molecular weight excluding hydrogens is 302 g/mol. The molecule has 0 fully saturated rings. The lowest BCUT2D eigenvalue weighted by Crippen LogP contribution is -2.14. The van der Waals surface area contributed by atoms with Crippen LogP contribution in [0.25, 0.3) is 0 Å². The van der Waals surface area contributed by atoms with Crippen molar-refractivity contribution in [1.29, 1.82) is 0 Å². The molecule has 1 aromatic carbocycles. The Kier molecular flexibility index (Phi) is 4.03. The molecule has 0 saturated heterocycles. The fourth-order valence-corrected chi connectivity index (χ4v) is 3.04. The highest BCUT2D eigenvalue weighted by Crippen LogP contribution is 2.27. The molecule has 0 spiro atoms. The third kappa shape index (κ3) is 2.79. The summed E-state index contributed by atoms with van der Waals surface area (Å²) in [4.78, 5) is 3.97. The zero-order valence-electron chi connectivity index (χ0n) is 11.0. The number of rotatable bonds is 4. The number of aliphatic hydroxyl groups excluding tert-OH is 1. The van der Waals surface area contributed by atoms with E-state index in [0.29, 0.717) is 11.4 Å². The number of nitrogens with zero attached hydrogens (tertiary/aromatic N) is 2. The number of imidazole rings is 1. The van der Waals surface area contributed by atoms with Crippen LogP contribution < -0.4 is 4.72 Å². The lowest BCUT2D eigenvalue weighted by molar-refractivity contribution is 0.282. The van der Waals surface area contributed by atoms with Gasteiger partial charge in [-0.2, -0.15) is 8.42 Å². The van der Waals surface area contributed by atoms with Crippen LogP contribution in [0, 0.1) is 6.92 Å². The minimum atomic E-state index is -3.81. The molecule has 2 aromatic rings. The number of nitrogens with one attached hydrogen (secondary N) is 1. The minimum Gasteiger partial charge on any atom is -0.392 e. The van der Waals surface area contributed by atoms with Crippen molar-refractivity contribution in [2.45, 2.75) is 18.6 Å². The molecule has 20 heavy (non-hydrogen) atoms. The van der Waals surface area contributed by atoms with E-state index in [1.807, 2.05) is 0 Å². The van der Waals surface area contributed by atoms with E-state index in [2.05, 4.69) is 9.71 Å². The topological polar surface area (TPSA) is 84.2 Å². The predicted octanol–water partition coefficient (Wildman–Crippen LogP) is 1.68. The first-order valence-electron chi connectivity index (χ1n) is 5.76. The zero-order valence-corrected chi connectivity index (χ0v) is 12.5. The Hall–Kier alpha value is -1.57. The normalized spacial score (nSPS) is 11.6. The first kappa shape index (κ1) is 14.8. The minimum absolute atomic E-state index is 0.0806. The molecule has 2 rings (SSSR count). The molecule has 8 heteroatoms. The monoisotopic (exact) mass is 315 g/mol. The van der Waals surface area contributed by atoms with Gasteiger partial charge in [0, 0.05) is 13.2 Å². The van der Waals surface area contributed by atoms with E-state index in [1.54, 1.807) is 30.7 Å². The van der Waals surface area contributed by atoms with Crippen molar-refractivity contribution in [3.05, 3.63) is 40.8 Å². The van der Waals surface area contributed by atoms with E-state index in [-0.39, 0.29) is 22.3 Å². The second-order valence-corrected chi connectivity index (χ2v) is 6.29. The summed E-state index contributed by atoms with van der Waals surface area (Å²) in [7, 11) is -2.10. The number of aromatic nitrogens is 2. The summed E-state index contributed by atoms with van der Waals surface area (Å²) in [6.45, 7) is 1.44. The molecule has 1 aromatic heterocycles. The average Bonchev–Trinajstić information content (AvgIpc) is 2.73. The fraction of sp³-hybridized carbons (Fsp3) is 0.250. The van der Waals surface area contributed by atoms with Gasteiger partial charge in [0.2, 0.25) is 0 Å². The lowest BCUT2D eigenvalue weighted by Gasteiger charge is -2.10. The van der Waals surface area contributed by atoms with Gasteiger partial charge in [0.25, 0.3) is 10.0 Å². The molecule has 0 aliphatic heterocycles. The van der Waals surface area contributed by atoms with E-state index < -0.39 is 10.0 Å². The Bertz CT molecular complexity index is 721. The van der Waals surface area contributed by atoms with Gasteiger partial charge in [0.15, 0.2) is 5.03 Å². The maximum absolute atomic E-state index is 12.2. The first-order chi connectivity index (χ1) is 9.35. The number of halogens is 1. The number of aliphatic hydroxyl groups is 1. The van der Waals surface area contributed by atoms with Crippen molar-refractivity contribution in [3.8, 4) is 0 Å². The molecule has 6 nitrogen and oxygen atoms in total. The summed E-state index contributed by atoms with van der Waals surface area (Å²) in [5, 5.41) is 9.21. The lowest BCUT2D eigenvalue weighted by atomic mass is 10.2. The van der Waals surface area contributed by atoms with Crippen LogP contribution in [0.4, 0.5) is 5.69 Å². The van der Waals surface area contributed by atoms with Crippen molar-refractivity contribution >= 4 is 27.3 Å². The average molecular weight is 316 g/mol.